The number of hydrogen-bond acceptors (Lipinski definition) is 4. The minimum atomic E-state index is -0.880. The molecule has 6 heteroatoms. The molecule has 0 fully saturated rings. The molecule has 0 saturated heterocycles. The smallest absolute Gasteiger partial charge is 0.317 e. The van der Waals surface area contributed by atoms with Crippen LogP contribution in [0.3, 0.4) is 0 Å². The van der Waals surface area contributed by atoms with Gasteiger partial charge < -0.3 is 10.4 Å². The molecule has 0 radical (unpaired) electrons. The van der Waals surface area contributed by atoms with Crippen LogP contribution in [-0.2, 0) is 11.3 Å². The Bertz CT molecular complexity index is 853. The monoisotopic (exact) mass is 419 g/mol. The second kappa shape index (κ2) is 7.01. The van der Waals surface area contributed by atoms with Gasteiger partial charge in [0, 0.05) is 27.9 Å². The second-order valence-corrected chi connectivity index (χ2v) is 6.30. The first-order valence-electron chi connectivity index (χ1n) is 7.05. The van der Waals surface area contributed by atoms with Crippen molar-refractivity contribution in [1.29, 1.82) is 0 Å². The molecule has 0 atom stereocenters. The summed E-state index contributed by atoms with van der Waals surface area (Å²) in [6.07, 6.45) is 3.52. The first-order valence-corrected chi connectivity index (χ1v) is 8.13. The van der Waals surface area contributed by atoms with E-state index in [4.69, 9.17) is 5.11 Å². The van der Waals surface area contributed by atoms with E-state index in [2.05, 4.69) is 43.9 Å². The second-order valence-electron chi connectivity index (χ2n) is 5.06. The molecule has 0 aliphatic rings. The largest absolute Gasteiger partial charge is 0.480 e. The molecule has 3 aromatic rings. The molecule has 0 unspecified atom stereocenters. The van der Waals surface area contributed by atoms with E-state index in [1.807, 2.05) is 30.3 Å². The Hall–Kier alpha value is -2.06. The first kappa shape index (κ1) is 15.8. The van der Waals surface area contributed by atoms with Crippen molar-refractivity contribution in [2.24, 2.45) is 0 Å². The predicted molar refractivity (Wildman–Crippen MR) is 97.0 cm³/mol. The van der Waals surface area contributed by atoms with Gasteiger partial charge >= 0.3 is 5.97 Å². The average Bonchev–Trinajstić information content (AvgIpc) is 2.55. The number of pyridine rings is 2. The van der Waals surface area contributed by atoms with Crippen LogP contribution >= 0.6 is 22.6 Å². The van der Waals surface area contributed by atoms with Crippen molar-refractivity contribution in [3.8, 4) is 11.1 Å². The lowest BCUT2D eigenvalue weighted by atomic mass is 10.0. The van der Waals surface area contributed by atoms with Gasteiger partial charge in [-0.15, -0.1) is 0 Å². The van der Waals surface area contributed by atoms with E-state index in [0.717, 1.165) is 31.3 Å². The fraction of sp³-hybridized carbons (Fsp3) is 0.118. The number of fused-ring (bicyclic) bond motifs is 1. The van der Waals surface area contributed by atoms with Gasteiger partial charge in [-0.3, -0.25) is 14.8 Å². The number of hydrogen-bond donors (Lipinski definition) is 2. The lowest BCUT2D eigenvalue weighted by Gasteiger charge is -2.11. The molecular formula is C17H14IN3O2. The molecule has 2 heterocycles. The van der Waals surface area contributed by atoms with Gasteiger partial charge in [0.25, 0.3) is 0 Å². The highest BCUT2D eigenvalue weighted by Gasteiger charge is 2.09. The Balaban J connectivity index is 2.07. The van der Waals surface area contributed by atoms with Gasteiger partial charge in [-0.2, -0.15) is 0 Å². The Morgan fingerprint density at radius 3 is 2.70 bits per heavy atom. The molecule has 0 aliphatic heterocycles. The summed E-state index contributed by atoms with van der Waals surface area (Å²) < 4.78 is 1.14. The summed E-state index contributed by atoms with van der Waals surface area (Å²) in [7, 11) is 0. The summed E-state index contributed by atoms with van der Waals surface area (Å²) in [6.45, 7) is 0.323. The number of nitrogens with zero attached hydrogens (tertiary/aromatic N) is 2. The van der Waals surface area contributed by atoms with Crippen molar-refractivity contribution >= 4 is 39.5 Å². The van der Waals surface area contributed by atoms with E-state index < -0.39 is 5.97 Å². The average molecular weight is 419 g/mol. The van der Waals surface area contributed by atoms with E-state index >= 15 is 0 Å². The van der Waals surface area contributed by atoms with E-state index in [1.54, 1.807) is 12.4 Å². The van der Waals surface area contributed by atoms with E-state index in [-0.39, 0.29) is 6.54 Å². The topological polar surface area (TPSA) is 75.1 Å². The van der Waals surface area contributed by atoms with Gasteiger partial charge in [0.2, 0.25) is 0 Å². The minimum absolute atomic E-state index is 0.0863. The van der Waals surface area contributed by atoms with Gasteiger partial charge in [-0.25, -0.2) is 0 Å². The summed E-state index contributed by atoms with van der Waals surface area (Å²) in [6, 6.07) is 12.0. The van der Waals surface area contributed by atoms with Gasteiger partial charge in [-0.1, -0.05) is 0 Å². The zero-order valence-electron chi connectivity index (χ0n) is 12.2. The van der Waals surface area contributed by atoms with Crippen LogP contribution in [-0.4, -0.2) is 27.6 Å². The SMILES string of the molecule is O=C(O)CNCc1cc(-c2ccncc2)c2cc(I)ccc2n1. The molecule has 116 valence electrons. The fourth-order valence-corrected chi connectivity index (χ4v) is 2.90. The number of nitrogens with one attached hydrogen (secondary N) is 1. The van der Waals surface area contributed by atoms with Crippen molar-refractivity contribution in [2.45, 2.75) is 6.54 Å². The van der Waals surface area contributed by atoms with Crippen LogP contribution in [0.15, 0.2) is 48.8 Å². The van der Waals surface area contributed by atoms with Crippen molar-refractivity contribution in [2.75, 3.05) is 6.54 Å². The first-order chi connectivity index (χ1) is 11.1. The van der Waals surface area contributed by atoms with Crippen LogP contribution in [0, 0.1) is 3.57 Å². The van der Waals surface area contributed by atoms with Crippen molar-refractivity contribution in [1.82, 2.24) is 15.3 Å². The van der Waals surface area contributed by atoms with E-state index in [9.17, 15) is 4.79 Å². The third kappa shape index (κ3) is 3.83. The van der Waals surface area contributed by atoms with Crippen molar-refractivity contribution in [3.05, 3.63) is 58.1 Å². The highest BCUT2D eigenvalue weighted by atomic mass is 127. The van der Waals surface area contributed by atoms with Crippen LogP contribution in [0.1, 0.15) is 5.69 Å². The number of aromatic nitrogens is 2. The Morgan fingerprint density at radius 2 is 1.96 bits per heavy atom. The third-order valence-electron chi connectivity index (χ3n) is 3.40. The molecule has 3 rings (SSSR count). The highest BCUT2D eigenvalue weighted by molar-refractivity contribution is 14.1. The van der Waals surface area contributed by atoms with Crippen molar-refractivity contribution < 1.29 is 9.90 Å². The molecule has 2 aromatic heterocycles. The normalized spacial score (nSPS) is 10.8. The molecule has 0 bridgehead atoms. The number of halogens is 1. The Kier molecular flexibility index (Phi) is 4.82. The zero-order chi connectivity index (χ0) is 16.2. The zero-order valence-corrected chi connectivity index (χ0v) is 14.3. The van der Waals surface area contributed by atoms with Crippen molar-refractivity contribution in [3.63, 3.8) is 0 Å². The third-order valence-corrected chi connectivity index (χ3v) is 4.07. The van der Waals surface area contributed by atoms with E-state index in [0.29, 0.717) is 6.54 Å². The summed E-state index contributed by atoms with van der Waals surface area (Å²) in [5.41, 5.74) is 3.84. The van der Waals surface area contributed by atoms with Crippen LogP contribution in [0.4, 0.5) is 0 Å². The summed E-state index contributed by atoms with van der Waals surface area (Å²) in [5, 5.41) is 12.7. The summed E-state index contributed by atoms with van der Waals surface area (Å²) >= 11 is 2.28. The van der Waals surface area contributed by atoms with Gasteiger partial charge in [-0.05, 0) is 70.1 Å². The number of carboxylic acid groups (broad SMARTS) is 1. The highest BCUT2D eigenvalue weighted by Crippen LogP contribution is 2.29. The molecule has 0 amide bonds. The number of carbonyl (C=O) groups is 1. The number of benzene rings is 1. The van der Waals surface area contributed by atoms with Gasteiger partial charge in [0.1, 0.15) is 0 Å². The number of rotatable bonds is 5. The van der Waals surface area contributed by atoms with Gasteiger partial charge in [0.15, 0.2) is 0 Å². The maximum atomic E-state index is 10.6. The molecular weight excluding hydrogens is 405 g/mol. The van der Waals surface area contributed by atoms with Gasteiger partial charge in [0.05, 0.1) is 17.8 Å². The molecule has 5 nitrogen and oxygen atoms in total. The predicted octanol–water partition coefficient (Wildman–Crippen LogP) is 3.08. The number of aliphatic carboxylic acids is 1. The Labute approximate surface area is 146 Å². The standard InChI is InChI=1S/C17H14IN3O2/c18-12-1-2-16-15(7-12)14(11-3-5-19-6-4-11)8-13(21-16)9-20-10-17(22)23/h1-8,20H,9-10H2,(H,22,23). The number of carboxylic acids is 1. The van der Waals surface area contributed by atoms with Crippen LogP contribution in [0.25, 0.3) is 22.0 Å². The molecule has 1 aromatic carbocycles. The minimum Gasteiger partial charge on any atom is -0.480 e. The molecule has 0 aliphatic carbocycles. The summed E-state index contributed by atoms with van der Waals surface area (Å²) in [5.74, 6) is -0.880. The molecule has 0 spiro atoms. The summed E-state index contributed by atoms with van der Waals surface area (Å²) in [4.78, 5) is 19.3. The lowest BCUT2D eigenvalue weighted by Crippen LogP contribution is -2.22. The fourth-order valence-electron chi connectivity index (χ4n) is 2.41. The molecule has 0 saturated carbocycles. The van der Waals surface area contributed by atoms with E-state index in [1.165, 1.54) is 0 Å². The van der Waals surface area contributed by atoms with Crippen LogP contribution in [0.5, 0.6) is 0 Å². The maximum Gasteiger partial charge on any atom is 0.317 e. The molecule has 23 heavy (non-hydrogen) atoms. The maximum absolute atomic E-state index is 10.6. The van der Waals surface area contributed by atoms with Crippen LogP contribution < -0.4 is 5.32 Å². The Morgan fingerprint density at radius 1 is 1.17 bits per heavy atom. The lowest BCUT2D eigenvalue weighted by molar-refractivity contribution is -0.135. The molecule has 2 N–H and O–H groups in total. The quantitative estimate of drug-likeness (QED) is 0.622. The van der Waals surface area contributed by atoms with Crippen LogP contribution in [0.2, 0.25) is 0 Å².